The molecule has 0 unspecified atom stereocenters. The summed E-state index contributed by atoms with van der Waals surface area (Å²) in [5.41, 5.74) is 6.77. The molecule has 0 saturated heterocycles. The first-order valence-corrected chi connectivity index (χ1v) is 11.7. The van der Waals surface area contributed by atoms with Crippen molar-refractivity contribution in [2.24, 2.45) is 0 Å². The number of aryl methyl sites for hydroxylation is 1. The Balaban J connectivity index is 1.50. The van der Waals surface area contributed by atoms with Gasteiger partial charge in [0.1, 0.15) is 5.76 Å². The zero-order valence-corrected chi connectivity index (χ0v) is 20.4. The number of furan rings is 1. The van der Waals surface area contributed by atoms with E-state index in [0.29, 0.717) is 23.7 Å². The molecule has 0 atom stereocenters. The van der Waals surface area contributed by atoms with Gasteiger partial charge >= 0.3 is 0 Å². The van der Waals surface area contributed by atoms with Crippen molar-refractivity contribution in [2.75, 3.05) is 0 Å². The van der Waals surface area contributed by atoms with E-state index in [1.807, 2.05) is 30.3 Å². The van der Waals surface area contributed by atoms with E-state index in [4.69, 9.17) is 16.0 Å². The van der Waals surface area contributed by atoms with Crippen LogP contribution in [-0.4, -0.2) is 5.91 Å². The number of nitrogens with one attached hydrogen (secondary N) is 1. The van der Waals surface area contributed by atoms with Gasteiger partial charge in [-0.25, -0.2) is 0 Å². The van der Waals surface area contributed by atoms with E-state index in [9.17, 15) is 4.79 Å². The zero-order chi connectivity index (χ0) is 23.1. The van der Waals surface area contributed by atoms with Crippen LogP contribution >= 0.6 is 11.6 Å². The molecule has 3 aromatic rings. The predicted molar refractivity (Wildman–Crippen MR) is 131 cm³/mol. The van der Waals surface area contributed by atoms with E-state index in [1.165, 1.54) is 35.1 Å². The molecule has 0 spiro atoms. The van der Waals surface area contributed by atoms with E-state index >= 15 is 0 Å². The highest BCUT2D eigenvalue weighted by Crippen LogP contribution is 2.46. The minimum absolute atomic E-state index is 0.169. The summed E-state index contributed by atoms with van der Waals surface area (Å²) in [4.78, 5) is 12.5. The smallest absolute Gasteiger partial charge is 0.287 e. The molecule has 0 aliphatic heterocycles. The molecule has 1 aliphatic rings. The lowest BCUT2D eigenvalue weighted by Gasteiger charge is -2.42. The first-order chi connectivity index (χ1) is 15.0. The summed E-state index contributed by atoms with van der Waals surface area (Å²) in [7, 11) is 0. The van der Waals surface area contributed by atoms with Crippen LogP contribution in [0.5, 0.6) is 0 Å². The van der Waals surface area contributed by atoms with Crippen LogP contribution in [0.25, 0.3) is 0 Å². The average molecular weight is 450 g/mol. The molecule has 1 heterocycles. The Labute approximate surface area is 196 Å². The van der Waals surface area contributed by atoms with Crippen LogP contribution in [-0.2, 0) is 23.8 Å². The van der Waals surface area contributed by atoms with E-state index < -0.39 is 0 Å². The normalized spacial score (nSPS) is 16.4. The summed E-state index contributed by atoms with van der Waals surface area (Å²) >= 11 is 6.02. The Morgan fingerprint density at radius 2 is 1.69 bits per heavy atom. The second kappa shape index (κ2) is 8.44. The quantitative estimate of drug-likeness (QED) is 0.450. The second-order valence-electron chi connectivity index (χ2n) is 10.3. The molecular formula is C28H32ClNO2. The lowest BCUT2D eigenvalue weighted by atomic mass is 9.62. The van der Waals surface area contributed by atoms with Crippen LogP contribution in [0.1, 0.15) is 84.7 Å². The van der Waals surface area contributed by atoms with Crippen molar-refractivity contribution >= 4 is 17.5 Å². The second-order valence-corrected chi connectivity index (χ2v) is 10.8. The molecule has 4 heteroatoms. The SMILES string of the molecule is Cc1cc2c(cc1Cc1ccc(C(=O)NCc3cccc(Cl)c3)o1)C(C)(C)CCC2(C)C. The maximum atomic E-state index is 12.5. The molecule has 1 aliphatic carbocycles. The summed E-state index contributed by atoms with van der Waals surface area (Å²) in [5.74, 6) is 0.911. The van der Waals surface area contributed by atoms with Crippen molar-refractivity contribution in [3.8, 4) is 0 Å². The maximum absolute atomic E-state index is 12.5. The molecule has 0 bridgehead atoms. The number of halogens is 1. The number of fused-ring (bicyclic) bond motifs is 1. The van der Waals surface area contributed by atoms with Crippen molar-refractivity contribution < 1.29 is 9.21 Å². The summed E-state index contributed by atoms with van der Waals surface area (Å²) in [6, 6.07) is 15.9. The molecule has 4 rings (SSSR count). The van der Waals surface area contributed by atoms with Crippen LogP contribution in [0, 0.1) is 6.92 Å². The van der Waals surface area contributed by atoms with Crippen LogP contribution in [0.2, 0.25) is 5.02 Å². The van der Waals surface area contributed by atoms with E-state index in [2.05, 4.69) is 52.1 Å². The third kappa shape index (κ3) is 4.63. The van der Waals surface area contributed by atoms with Gasteiger partial charge < -0.3 is 9.73 Å². The summed E-state index contributed by atoms with van der Waals surface area (Å²) in [6.07, 6.45) is 3.07. The molecule has 1 amide bonds. The highest BCUT2D eigenvalue weighted by atomic mass is 35.5. The highest BCUT2D eigenvalue weighted by Gasteiger charge is 2.37. The molecule has 0 fully saturated rings. The monoisotopic (exact) mass is 449 g/mol. The largest absolute Gasteiger partial charge is 0.456 e. The number of amides is 1. The Bertz CT molecular complexity index is 1160. The van der Waals surface area contributed by atoms with Crippen LogP contribution < -0.4 is 5.32 Å². The van der Waals surface area contributed by atoms with Gasteiger partial charge in [-0.1, -0.05) is 63.6 Å². The minimum atomic E-state index is -0.221. The van der Waals surface area contributed by atoms with Crippen molar-refractivity contribution in [2.45, 2.75) is 71.3 Å². The van der Waals surface area contributed by atoms with Crippen molar-refractivity contribution in [1.29, 1.82) is 0 Å². The molecular weight excluding hydrogens is 418 g/mol. The Kier molecular flexibility index (Phi) is 5.98. The summed E-state index contributed by atoms with van der Waals surface area (Å²) in [6.45, 7) is 12.0. The van der Waals surface area contributed by atoms with E-state index in [1.54, 1.807) is 6.07 Å². The van der Waals surface area contributed by atoms with E-state index in [0.717, 1.165) is 11.3 Å². The zero-order valence-electron chi connectivity index (χ0n) is 19.6. The Hall–Kier alpha value is -2.52. The van der Waals surface area contributed by atoms with E-state index in [-0.39, 0.29) is 16.7 Å². The lowest BCUT2D eigenvalue weighted by Crippen LogP contribution is -2.34. The topological polar surface area (TPSA) is 42.2 Å². The fourth-order valence-corrected chi connectivity index (χ4v) is 4.87. The summed E-state index contributed by atoms with van der Waals surface area (Å²) < 4.78 is 5.92. The number of hydrogen-bond acceptors (Lipinski definition) is 2. The van der Waals surface area contributed by atoms with Gasteiger partial charge in [0.05, 0.1) is 0 Å². The minimum Gasteiger partial charge on any atom is -0.456 e. The van der Waals surface area contributed by atoms with Gasteiger partial charge in [-0.15, -0.1) is 0 Å². The molecule has 2 aromatic carbocycles. The van der Waals surface area contributed by atoms with Crippen molar-refractivity contribution in [3.63, 3.8) is 0 Å². The van der Waals surface area contributed by atoms with Crippen molar-refractivity contribution in [3.05, 3.63) is 92.9 Å². The van der Waals surface area contributed by atoms with Gasteiger partial charge in [0.25, 0.3) is 5.91 Å². The van der Waals surface area contributed by atoms with Crippen LogP contribution in [0.15, 0.2) is 52.9 Å². The van der Waals surface area contributed by atoms with Gasteiger partial charge in [0.15, 0.2) is 5.76 Å². The first kappa shape index (κ1) is 22.7. The fourth-order valence-electron chi connectivity index (χ4n) is 4.66. The maximum Gasteiger partial charge on any atom is 0.287 e. The third-order valence-corrected chi connectivity index (χ3v) is 7.14. The fraction of sp³-hybridized carbons (Fsp3) is 0.393. The Morgan fingerprint density at radius 1 is 1.00 bits per heavy atom. The standard InChI is InChI=1S/C28H32ClNO2/c1-18-13-23-24(28(4,5)12-11-27(23,2)3)16-20(18)15-22-9-10-25(32-22)26(31)30-17-19-7-6-8-21(29)14-19/h6-10,13-14,16H,11-12,15,17H2,1-5H3,(H,30,31). The summed E-state index contributed by atoms with van der Waals surface area (Å²) in [5, 5.41) is 3.56. The number of carbonyl (C=O) groups is 1. The number of benzene rings is 2. The molecule has 1 aromatic heterocycles. The number of hydrogen-bond donors (Lipinski definition) is 1. The third-order valence-electron chi connectivity index (χ3n) is 6.90. The Morgan fingerprint density at radius 3 is 2.38 bits per heavy atom. The highest BCUT2D eigenvalue weighted by molar-refractivity contribution is 6.30. The molecule has 3 nitrogen and oxygen atoms in total. The molecule has 0 saturated carbocycles. The van der Waals surface area contributed by atoms with Crippen LogP contribution in [0.4, 0.5) is 0 Å². The predicted octanol–water partition coefficient (Wildman–Crippen LogP) is 7.11. The van der Waals surface area contributed by atoms with Gasteiger partial charge in [-0.2, -0.15) is 0 Å². The molecule has 168 valence electrons. The molecule has 32 heavy (non-hydrogen) atoms. The van der Waals surface area contributed by atoms with Gasteiger partial charge in [-0.3, -0.25) is 4.79 Å². The molecule has 1 N–H and O–H groups in total. The van der Waals surface area contributed by atoms with Crippen molar-refractivity contribution in [1.82, 2.24) is 5.32 Å². The lowest BCUT2D eigenvalue weighted by molar-refractivity contribution is 0.0921. The first-order valence-electron chi connectivity index (χ1n) is 11.3. The van der Waals surface area contributed by atoms with Gasteiger partial charge in [-0.05, 0) is 82.7 Å². The van der Waals surface area contributed by atoms with Gasteiger partial charge in [0.2, 0.25) is 0 Å². The van der Waals surface area contributed by atoms with Gasteiger partial charge in [0, 0.05) is 18.0 Å². The van der Waals surface area contributed by atoms with Crippen LogP contribution in [0.3, 0.4) is 0 Å². The number of rotatable bonds is 5. The number of carbonyl (C=O) groups excluding carboxylic acids is 1. The average Bonchev–Trinajstić information content (AvgIpc) is 3.20. The molecule has 0 radical (unpaired) electrons.